The lowest BCUT2D eigenvalue weighted by atomic mass is 9.49. The smallest absolute Gasteiger partial charge is 0.407 e. The van der Waals surface area contributed by atoms with Gasteiger partial charge >= 0.3 is 6.09 Å². The van der Waals surface area contributed by atoms with Gasteiger partial charge in [0.15, 0.2) is 0 Å². The van der Waals surface area contributed by atoms with Crippen LogP contribution in [0.15, 0.2) is 24.3 Å². The second kappa shape index (κ2) is 9.35. The Labute approximate surface area is 196 Å². The molecule has 0 radical (unpaired) electrons. The molecule has 7 heteroatoms. The third kappa shape index (κ3) is 6.06. The van der Waals surface area contributed by atoms with E-state index in [0.29, 0.717) is 6.54 Å². The van der Waals surface area contributed by atoms with E-state index < -0.39 is 11.7 Å². The topological polar surface area (TPSA) is 96.5 Å². The lowest BCUT2D eigenvalue weighted by Gasteiger charge is -2.55. The van der Waals surface area contributed by atoms with Crippen molar-refractivity contribution in [3.8, 4) is 0 Å². The molecule has 4 fully saturated rings. The summed E-state index contributed by atoms with van der Waals surface area (Å²) in [5, 5.41) is 8.60. The lowest BCUT2D eigenvalue weighted by molar-refractivity contribution is -0.140. The van der Waals surface area contributed by atoms with Crippen LogP contribution in [0.5, 0.6) is 0 Å². The highest BCUT2D eigenvalue weighted by Gasteiger charge is 2.54. The fraction of sp³-hybridized carbons (Fsp3) is 0.654. The molecule has 3 amide bonds. The summed E-state index contributed by atoms with van der Waals surface area (Å²) in [5.74, 6) is 2.28. The molecule has 4 aliphatic carbocycles. The van der Waals surface area contributed by atoms with Gasteiger partial charge in [0.2, 0.25) is 11.8 Å². The molecule has 0 spiro atoms. The Morgan fingerprint density at radius 2 is 1.52 bits per heavy atom. The number of hydrogen-bond acceptors (Lipinski definition) is 4. The maximum atomic E-state index is 13.2. The van der Waals surface area contributed by atoms with Crippen LogP contribution in [0, 0.1) is 23.2 Å². The zero-order valence-corrected chi connectivity index (χ0v) is 20.0. The summed E-state index contributed by atoms with van der Waals surface area (Å²) in [4.78, 5) is 36.8. The number of amides is 3. The lowest BCUT2D eigenvalue weighted by Crippen LogP contribution is -2.51. The molecule has 3 N–H and O–H groups in total. The molecular weight excluding hydrogens is 418 g/mol. The average Bonchev–Trinajstić information content (AvgIpc) is 2.71. The van der Waals surface area contributed by atoms with Gasteiger partial charge in [0, 0.05) is 25.2 Å². The van der Waals surface area contributed by atoms with Crippen molar-refractivity contribution in [2.45, 2.75) is 77.9 Å². The first-order valence-corrected chi connectivity index (χ1v) is 12.2. The van der Waals surface area contributed by atoms with Gasteiger partial charge in [-0.1, -0.05) is 12.1 Å². The maximum absolute atomic E-state index is 13.2. The van der Waals surface area contributed by atoms with Crippen molar-refractivity contribution in [3.63, 3.8) is 0 Å². The predicted octanol–water partition coefficient (Wildman–Crippen LogP) is 4.37. The van der Waals surface area contributed by atoms with Crippen molar-refractivity contribution in [1.29, 1.82) is 0 Å². The molecule has 1 aromatic rings. The second-order valence-electron chi connectivity index (χ2n) is 11.3. The SMILES string of the molecule is CC(C)(C)OC(=O)NCCC(=O)NCc1ccc(NC(=O)C23CC4CC(CC(C4)C2)C3)cc1. The third-order valence-electron chi connectivity index (χ3n) is 7.24. The van der Waals surface area contributed by atoms with Crippen LogP contribution in [0.25, 0.3) is 0 Å². The Kier molecular flexibility index (Phi) is 6.68. The van der Waals surface area contributed by atoms with Crippen LogP contribution in [-0.4, -0.2) is 30.1 Å². The minimum Gasteiger partial charge on any atom is -0.444 e. The van der Waals surface area contributed by atoms with Gasteiger partial charge in [0.05, 0.1) is 5.41 Å². The first kappa shape index (κ1) is 23.6. The number of alkyl carbamates (subject to hydrolysis) is 1. The summed E-state index contributed by atoms with van der Waals surface area (Å²) in [7, 11) is 0. The summed E-state index contributed by atoms with van der Waals surface area (Å²) >= 11 is 0. The number of anilines is 1. The molecule has 4 aliphatic rings. The molecular formula is C26H37N3O4. The van der Waals surface area contributed by atoms with E-state index in [1.165, 1.54) is 19.3 Å². The van der Waals surface area contributed by atoms with E-state index in [2.05, 4.69) is 16.0 Å². The van der Waals surface area contributed by atoms with Gasteiger partial charge in [-0.15, -0.1) is 0 Å². The largest absolute Gasteiger partial charge is 0.444 e. The Balaban J connectivity index is 1.19. The number of hydrogen-bond donors (Lipinski definition) is 3. The Morgan fingerprint density at radius 3 is 2.06 bits per heavy atom. The van der Waals surface area contributed by atoms with E-state index in [4.69, 9.17) is 4.74 Å². The van der Waals surface area contributed by atoms with Gasteiger partial charge < -0.3 is 20.7 Å². The van der Waals surface area contributed by atoms with Gasteiger partial charge in [-0.2, -0.15) is 0 Å². The molecule has 5 rings (SSSR count). The summed E-state index contributed by atoms with van der Waals surface area (Å²) in [6.45, 7) is 5.99. The number of ether oxygens (including phenoxy) is 1. The summed E-state index contributed by atoms with van der Waals surface area (Å²) in [6.07, 6.45) is 6.78. The van der Waals surface area contributed by atoms with Crippen molar-refractivity contribution < 1.29 is 19.1 Å². The van der Waals surface area contributed by atoms with Gasteiger partial charge in [-0.25, -0.2) is 4.79 Å². The molecule has 4 saturated carbocycles. The standard InChI is InChI=1S/C26H37N3O4/c1-25(2,3)33-24(32)27-9-8-22(30)28-16-17-4-6-21(7-5-17)29-23(31)26-13-18-10-19(14-26)12-20(11-18)15-26/h4-7,18-20H,8-16H2,1-3H3,(H,27,32)(H,28,30)(H,29,31). The van der Waals surface area contributed by atoms with E-state index in [1.807, 2.05) is 24.3 Å². The molecule has 0 aliphatic heterocycles. The third-order valence-corrected chi connectivity index (χ3v) is 7.24. The van der Waals surface area contributed by atoms with Gasteiger partial charge in [0.1, 0.15) is 5.60 Å². The minimum atomic E-state index is -0.562. The van der Waals surface area contributed by atoms with E-state index in [0.717, 1.165) is 48.3 Å². The zero-order chi connectivity index (χ0) is 23.6. The van der Waals surface area contributed by atoms with Crippen molar-refractivity contribution in [3.05, 3.63) is 29.8 Å². The van der Waals surface area contributed by atoms with E-state index in [9.17, 15) is 14.4 Å². The van der Waals surface area contributed by atoms with Crippen LogP contribution in [0.1, 0.15) is 71.3 Å². The van der Waals surface area contributed by atoms with Crippen molar-refractivity contribution in [2.75, 3.05) is 11.9 Å². The normalized spacial score (nSPS) is 27.7. The second-order valence-corrected chi connectivity index (χ2v) is 11.3. The van der Waals surface area contributed by atoms with E-state index >= 15 is 0 Å². The summed E-state index contributed by atoms with van der Waals surface area (Å²) < 4.78 is 5.14. The van der Waals surface area contributed by atoms with Crippen LogP contribution < -0.4 is 16.0 Å². The quantitative estimate of drug-likeness (QED) is 0.569. The first-order valence-electron chi connectivity index (χ1n) is 12.2. The summed E-state index contributed by atoms with van der Waals surface area (Å²) in [5.41, 5.74) is 1.05. The van der Waals surface area contributed by atoms with Crippen LogP contribution in [0.3, 0.4) is 0 Å². The predicted molar refractivity (Wildman–Crippen MR) is 126 cm³/mol. The van der Waals surface area contributed by atoms with Crippen LogP contribution in [-0.2, 0) is 20.9 Å². The number of carbonyl (C=O) groups is 3. The van der Waals surface area contributed by atoms with Crippen molar-refractivity contribution >= 4 is 23.6 Å². The number of benzene rings is 1. The van der Waals surface area contributed by atoms with Crippen LogP contribution in [0.2, 0.25) is 0 Å². The molecule has 180 valence electrons. The molecule has 0 saturated heterocycles. The van der Waals surface area contributed by atoms with Crippen LogP contribution >= 0.6 is 0 Å². The molecule has 1 aromatic carbocycles. The zero-order valence-electron chi connectivity index (χ0n) is 20.0. The monoisotopic (exact) mass is 455 g/mol. The minimum absolute atomic E-state index is 0.148. The van der Waals surface area contributed by atoms with E-state index in [1.54, 1.807) is 20.8 Å². The summed E-state index contributed by atoms with van der Waals surface area (Å²) in [6, 6.07) is 7.66. The average molecular weight is 456 g/mol. The molecule has 0 atom stereocenters. The first-order chi connectivity index (χ1) is 15.6. The molecule has 0 unspecified atom stereocenters. The number of nitrogens with one attached hydrogen (secondary N) is 3. The fourth-order valence-electron chi connectivity index (χ4n) is 6.24. The molecule has 4 bridgehead atoms. The molecule has 0 aromatic heterocycles. The Bertz CT molecular complexity index is 853. The Hall–Kier alpha value is -2.57. The number of carbonyl (C=O) groups excluding carboxylic acids is 3. The van der Waals surface area contributed by atoms with Gasteiger partial charge in [-0.3, -0.25) is 9.59 Å². The van der Waals surface area contributed by atoms with Crippen LogP contribution in [0.4, 0.5) is 10.5 Å². The van der Waals surface area contributed by atoms with Gasteiger partial charge in [0.25, 0.3) is 0 Å². The molecule has 0 heterocycles. The highest BCUT2D eigenvalue weighted by Crippen LogP contribution is 2.60. The fourth-order valence-corrected chi connectivity index (χ4v) is 6.24. The van der Waals surface area contributed by atoms with Crippen molar-refractivity contribution in [2.24, 2.45) is 23.2 Å². The highest BCUT2D eigenvalue weighted by atomic mass is 16.6. The van der Waals surface area contributed by atoms with E-state index in [-0.39, 0.29) is 30.2 Å². The maximum Gasteiger partial charge on any atom is 0.407 e. The highest BCUT2D eigenvalue weighted by molar-refractivity contribution is 5.95. The molecule has 33 heavy (non-hydrogen) atoms. The van der Waals surface area contributed by atoms with Crippen molar-refractivity contribution in [1.82, 2.24) is 10.6 Å². The number of rotatable bonds is 7. The molecule has 7 nitrogen and oxygen atoms in total. The van der Waals surface area contributed by atoms with Gasteiger partial charge in [-0.05, 0) is 94.7 Å². The Morgan fingerprint density at radius 1 is 0.939 bits per heavy atom.